The van der Waals surface area contributed by atoms with Crippen molar-refractivity contribution in [3.8, 4) is 0 Å². The summed E-state index contributed by atoms with van der Waals surface area (Å²) in [5.74, 6) is 0.0573. The number of aryl methyl sites for hydroxylation is 2. The van der Waals surface area contributed by atoms with Crippen LogP contribution in [0.15, 0.2) is 9.95 Å². The van der Waals surface area contributed by atoms with Crippen LogP contribution in [-0.4, -0.2) is 33.8 Å². The summed E-state index contributed by atoms with van der Waals surface area (Å²) in [4.78, 5) is 47.8. The fraction of sp³-hybridized carbons (Fsp3) is 0.571. The second-order valence-corrected chi connectivity index (χ2v) is 13.5. The van der Waals surface area contributed by atoms with Gasteiger partial charge in [0.15, 0.2) is 5.16 Å². The summed E-state index contributed by atoms with van der Waals surface area (Å²) >= 11 is 4.41. The summed E-state index contributed by atoms with van der Waals surface area (Å²) in [6.45, 7) is 8.38. The van der Waals surface area contributed by atoms with E-state index in [0.717, 1.165) is 72.0 Å². The lowest BCUT2D eigenvalue weighted by atomic mass is 9.88. The zero-order chi connectivity index (χ0) is 27.0. The van der Waals surface area contributed by atoms with E-state index in [1.807, 2.05) is 6.92 Å². The number of carbonyl (C=O) groups is 2. The van der Waals surface area contributed by atoms with Crippen LogP contribution in [0.1, 0.15) is 90.7 Å². The monoisotopic (exact) mass is 573 g/mol. The van der Waals surface area contributed by atoms with Crippen LogP contribution in [-0.2, 0) is 35.2 Å². The third-order valence-electron chi connectivity index (χ3n) is 7.60. The zero-order valence-electron chi connectivity index (χ0n) is 22.5. The Balaban J connectivity index is 1.41. The van der Waals surface area contributed by atoms with E-state index in [-0.39, 0.29) is 35.8 Å². The number of nitrogens with one attached hydrogen (secondary N) is 1. The molecule has 38 heavy (non-hydrogen) atoms. The van der Waals surface area contributed by atoms with Crippen molar-refractivity contribution in [1.82, 2.24) is 9.55 Å². The molecule has 0 bridgehead atoms. The number of hydrogen-bond acceptors (Lipinski definition) is 8. The fourth-order valence-electron chi connectivity index (χ4n) is 5.42. The molecule has 1 amide bonds. The summed E-state index contributed by atoms with van der Waals surface area (Å²) in [6.07, 6.45) is 7.75. The SMILES string of the molecule is CCOC(=O)c1c(NC(=O)CSc2nc3sc4c(c3c(=O)n2[C@@H](C)CC)CCCC4)sc2c1CC[C@@H](C)C2. The molecule has 0 saturated carbocycles. The summed E-state index contributed by atoms with van der Waals surface area (Å²) in [5, 5.41) is 4.92. The Labute approximate surface area is 235 Å². The molecule has 0 unspecified atom stereocenters. The molecule has 2 aliphatic rings. The Morgan fingerprint density at radius 2 is 1.95 bits per heavy atom. The van der Waals surface area contributed by atoms with Gasteiger partial charge in [0.05, 0.1) is 23.3 Å². The molecular formula is C28H35N3O4S3. The van der Waals surface area contributed by atoms with Gasteiger partial charge in [0.2, 0.25) is 5.91 Å². The van der Waals surface area contributed by atoms with Gasteiger partial charge in [-0.05, 0) is 82.3 Å². The molecule has 10 heteroatoms. The van der Waals surface area contributed by atoms with Gasteiger partial charge >= 0.3 is 5.97 Å². The molecule has 1 N–H and O–H groups in total. The van der Waals surface area contributed by atoms with Crippen molar-refractivity contribution in [1.29, 1.82) is 0 Å². The number of thiophene rings is 2. The number of anilines is 1. The molecule has 3 aromatic rings. The Morgan fingerprint density at radius 3 is 2.71 bits per heavy atom. The summed E-state index contributed by atoms with van der Waals surface area (Å²) in [7, 11) is 0. The Kier molecular flexibility index (Phi) is 8.30. The third kappa shape index (κ3) is 5.19. The lowest BCUT2D eigenvalue weighted by Gasteiger charge is -2.18. The van der Waals surface area contributed by atoms with Gasteiger partial charge in [-0.2, -0.15) is 0 Å². The van der Waals surface area contributed by atoms with Crippen molar-refractivity contribution >= 4 is 61.5 Å². The van der Waals surface area contributed by atoms with Gasteiger partial charge < -0.3 is 10.1 Å². The average Bonchev–Trinajstić information content (AvgIpc) is 3.44. The highest BCUT2D eigenvalue weighted by Gasteiger charge is 2.29. The minimum absolute atomic E-state index is 0.0105. The number of nitrogens with zero attached hydrogens (tertiary/aromatic N) is 2. The van der Waals surface area contributed by atoms with Crippen LogP contribution in [0.3, 0.4) is 0 Å². The van der Waals surface area contributed by atoms with Gasteiger partial charge in [-0.1, -0.05) is 25.6 Å². The maximum atomic E-state index is 13.7. The quantitative estimate of drug-likeness (QED) is 0.190. The molecule has 0 fully saturated rings. The number of esters is 1. The second-order valence-electron chi connectivity index (χ2n) is 10.3. The van der Waals surface area contributed by atoms with E-state index in [4.69, 9.17) is 9.72 Å². The smallest absolute Gasteiger partial charge is 0.341 e. The van der Waals surface area contributed by atoms with E-state index < -0.39 is 0 Å². The first-order valence-electron chi connectivity index (χ1n) is 13.6. The van der Waals surface area contributed by atoms with Gasteiger partial charge in [0, 0.05) is 15.8 Å². The maximum Gasteiger partial charge on any atom is 0.341 e. The Bertz CT molecular complexity index is 1440. The number of thioether (sulfide) groups is 1. The molecule has 0 aromatic carbocycles. The van der Waals surface area contributed by atoms with E-state index in [2.05, 4.69) is 19.2 Å². The van der Waals surface area contributed by atoms with Crippen molar-refractivity contribution in [2.45, 2.75) is 90.3 Å². The number of amides is 1. The summed E-state index contributed by atoms with van der Waals surface area (Å²) < 4.78 is 7.11. The van der Waals surface area contributed by atoms with Crippen LogP contribution < -0.4 is 10.9 Å². The first-order valence-corrected chi connectivity index (χ1v) is 16.2. The number of fused-ring (bicyclic) bond motifs is 4. The van der Waals surface area contributed by atoms with E-state index in [0.29, 0.717) is 21.6 Å². The van der Waals surface area contributed by atoms with E-state index in [9.17, 15) is 14.4 Å². The van der Waals surface area contributed by atoms with Crippen molar-refractivity contribution in [2.24, 2.45) is 5.92 Å². The number of aromatic nitrogens is 2. The lowest BCUT2D eigenvalue weighted by Crippen LogP contribution is -2.27. The molecule has 3 aromatic heterocycles. The minimum atomic E-state index is -0.373. The maximum absolute atomic E-state index is 13.7. The molecule has 0 spiro atoms. The van der Waals surface area contributed by atoms with Crippen LogP contribution in [0.25, 0.3) is 10.2 Å². The van der Waals surface area contributed by atoms with Gasteiger partial charge in [0.1, 0.15) is 9.83 Å². The molecule has 0 saturated heterocycles. The number of ether oxygens (including phenoxy) is 1. The normalized spacial score (nSPS) is 17.6. The first-order chi connectivity index (χ1) is 18.3. The molecule has 2 aliphatic carbocycles. The molecular weight excluding hydrogens is 539 g/mol. The minimum Gasteiger partial charge on any atom is -0.462 e. The standard InChI is InChI=1S/C28H35N3O4S3/c1-5-16(4)31-26(33)22-17-9-7-8-10-19(17)37-24(22)30-28(31)36-14-21(32)29-25-23(27(34)35-6-2)18-12-11-15(3)13-20(18)38-25/h15-16H,5-14H2,1-4H3,(H,29,32)/t15-,16+/m1/s1. The van der Waals surface area contributed by atoms with Crippen molar-refractivity contribution < 1.29 is 14.3 Å². The number of rotatable bonds is 8. The van der Waals surface area contributed by atoms with Gasteiger partial charge in [-0.15, -0.1) is 22.7 Å². The van der Waals surface area contributed by atoms with Gasteiger partial charge in [-0.25, -0.2) is 9.78 Å². The van der Waals surface area contributed by atoms with Crippen LogP contribution in [0.2, 0.25) is 0 Å². The zero-order valence-corrected chi connectivity index (χ0v) is 24.9. The molecule has 2 atom stereocenters. The first kappa shape index (κ1) is 27.4. The Morgan fingerprint density at radius 1 is 1.16 bits per heavy atom. The van der Waals surface area contributed by atoms with E-state index >= 15 is 0 Å². The second kappa shape index (κ2) is 11.5. The van der Waals surface area contributed by atoms with Gasteiger partial charge in [-0.3, -0.25) is 14.2 Å². The van der Waals surface area contributed by atoms with Crippen LogP contribution in [0, 0.1) is 5.92 Å². The summed E-state index contributed by atoms with van der Waals surface area (Å²) in [6, 6.07) is -0.0227. The molecule has 0 aliphatic heterocycles. The molecule has 204 valence electrons. The van der Waals surface area contributed by atoms with Crippen LogP contribution in [0.5, 0.6) is 0 Å². The lowest BCUT2D eigenvalue weighted by molar-refractivity contribution is -0.113. The molecule has 7 nitrogen and oxygen atoms in total. The number of hydrogen-bond donors (Lipinski definition) is 1. The van der Waals surface area contributed by atoms with E-state index in [1.165, 1.54) is 33.5 Å². The fourth-order valence-corrected chi connectivity index (χ4v) is 9.04. The highest BCUT2D eigenvalue weighted by Crippen LogP contribution is 2.40. The predicted octanol–water partition coefficient (Wildman–Crippen LogP) is 6.40. The average molecular weight is 574 g/mol. The van der Waals surface area contributed by atoms with Crippen LogP contribution in [0.4, 0.5) is 5.00 Å². The number of carbonyl (C=O) groups excluding carboxylic acids is 2. The largest absolute Gasteiger partial charge is 0.462 e. The van der Waals surface area contributed by atoms with E-state index in [1.54, 1.807) is 22.8 Å². The van der Waals surface area contributed by atoms with Crippen molar-refractivity contribution in [3.63, 3.8) is 0 Å². The Hall–Kier alpha value is -2.17. The van der Waals surface area contributed by atoms with Crippen molar-refractivity contribution in [3.05, 3.63) is 36.8 Å². The van der Waals surface area contributed by atoms with Crippen molar-refractivity contribution in [2.75, 3.05) is 17.7 Å². The molecule has 3 heterocycles. The predicted molar refractivity (Wildman–Crippen MR) is 156 cm³/mol. The highest BCUT2D eigenvalue weighted by molar-refractivity contribution is 7.99. The highest BCUT2D eigenvalue weighted by atomic mass is 32.2. The molecule has 5 rings (SSSR count). The third-order valence-corrected chi connectivity index (χ3v) is 10.9. The molecule has 0 radical (unpaired) electrons. The van der Waals surface area contributed by atoms with Gasteiger partial charge in [0.25, 0.3) is 5.56 Å². The van der Waals surface area contributed by atoms with Crippen LogP contribution >= 0.6 is 34.4 Å². The summed E-state index contributed by atoms with van der Waals surface area (Å²) in [5.41, 5.74) is 2.73. The topological polar surface area (TPSA) is 90.3 Å².